The Kier molecular flexibility index (Phi) is 7.59. The van der Waals surface area contributed by atoms with Crippen LogP contribution >= 0.6 is 0 Å². The molecule has 32 heavy (non-hydrogen) atoms. The van der Waals surface area contributed by atoms with Gasteiger partial charge in [-0.2, -0.15) is 0 Å². The lowest BCUT2D eigenvalue weighted by molar-refractivity contribution is 0.154. The minimum absolute atomic E-state index is 0.260. The van der Waals surface area contributed by atoms with Crippen LogP contribution in [0.1, 0.15) is 16.7 Å². The molecule has 0 unspecified atom stereocenters. The first-order valence-electron chi connectivity index (χ1n) is 11.1. The first-order chi connectivity index (χ1) is 15.7. The number of hydrogen-bond acceptors (Lipinski definition) is 2. The van der Waals surface area contributed by atoms with Gasteiger partial charge in [0.25, 0.3) is 0 Å². The third-order valence-electron chi connectivity index (χ3n) is 5.80. The topological polar surface area (TPSA) is 6.48 Å². The van der Waals surface area contributed by atoms with Gasteiger partial charge in [-0.25, -0.2) is 8.78 Å². The van der Waals surface area contributed by atoms with Gasteiger partial charge < -0.3 is 0 Å². The van der Waals surface area contributed by atoms with Crippen molar-refractivity contribution in [3.63, 3.8) is 0 Å². The van der Waals surface area contributed by atoms with E-state index < -0.39 is 0 Å². The average molecular weight is 431 g/mol. The molecule has 4 rings (SSSR count). The zero-order valence-corrected chi connectivity index (χ0v) is 18.1. The fraction of sp³-hybridized carbons (Fsp3) is 0.214. The van der Waals surface area contributed by atoms with Gasteiger partial charge >= 0.3 is 0 Å². The molecule has 4 heteroatoms. The number of nitrogens with zero attached hydrogens (tertiary/aromatic N) is 2. The van der Waals surface area contributed by atoms with Gasteiger partial charge in [-0.3, -0.25) is 9.80 Å². The summed E-state index contributed by atoms with van der Waals surface area (Å²) < 4.78 is 26.8. The molecule has 1 saturated heterocycles. The van der Waals surface area contributed by atoms with Crippen molar-refractivity contribution in [3.05, 3.63) is 119 Å². The Hall–Kier alpha value is -3.08. The third-order valence-corrected chi connectivity index (χ3v) is 5.80. The molecular weight excluding hydrogens is 402 g/mol. The van der Waals surface area contributed by atoms with Crippen molar-refractivity contribution in [2.45, 2.75) is 0 Å². The van der Waals surface area contributed by atoms with E-state index in [9.17, 15) is 8.78 Å². The number of rotatable bonds is 7. The quantitative estimate of drug-likeness (QED) is 0.473. The Balaban J connectivity index is 1.36. The van der Waals surface area contributed by atoms with Gasteiger partial charge in [0.05, 0.1) is 0 Å². The fourth-order valence-corrected chi connectivity index (χ4v) is 3.94. The molecule has 0 amide bonds. The molecule has 1 fully saturated rings. The van der Waals surface area contributed by atoms with Crippen LogP contribution in [0.4, 0.5) is 8.78 Å². The van der Waals surface area contributed by atoms with E-state index in [4.69, 9.17) is 0 Å². The van der Waals surface area contributed by atoms with Crippen molar-refractivity contribution in [3.8, 4) is 0 Å². The molecule has 0 aromatic heterocycles. The molecule has 1 heterocycles. The maximum absolute atomic E-state index is 13.4. The summed E-state index contributed by atoms with van der Waals surface area (Å²) in [5, 5.41) is 0. The van der Waals surface area contributed by atoms with E-state index >= 15 is 0 Å². The van der Waals surface area contributed by atoms with Crippen LogP contribution in [-0.2, 0) is 0 Å². The highest BCUT2D eigenvalue weighted by Gasteiger charge is 2.15. The lowest BCUT2D eigenvalue weighted by atomic mass is 9.97. The standard InChI is InChI=1S/C28H28F2N2/c29-26-12-8-24(9-13-26)28(25-10-14-27(30)15-11-25)16-18-32-21-19-31(20-22-32)17-4-7-23-5-2-1-3-6-23/h1-16H,17-22H2/b7-4+. The molecule has 0 atom stereocenters. The number of halogens is 2. The summed E-state index contributed by atoms with van der Waals surface area (Å²) >= 11 is 0. The number of piperazine rings is 1. The van der Waals surface area contributed by atoms with Crippen molar-refractivity contribution in [2.24, 2.45) is 0 Å². The number of benzene rings is 3. The van der Waals surface area contributed by atoms with Crippen molar-refractivity contribution >= 4 is 11.6 Å². The molecule has 0 radical (unpaired) electrons. The second kappa shape index (κ2) is 11.0. The fourth-order valence-electron chi connectivity index (χ4n) is 3.94. The first kappa shape index (κ1) is 22.1. The van der Waals surface area contributed by atoms with Gasteiger partial charge in [0.15, 0.2) is 0 Å². The largest absolute Gasteiger partial charge is 0.297 e. The van der Waals surface area contributed by atoms with E-state index in [1.165, 1.54) is 29.8 Å². The summed E-state index contributed by atoms with van der Waals surface area (Å²) in [5.41, 5.74) is 4.09. The summed E-state index contributed by atoms with van der Waals surface area (Å²) in [6, 6.07) is 23.3. The van der Waals surface area contributed by atoms with Crippen LogP contribution in [0.25, 0.3) is 11.6 Å². The van der Waals surface area contributed by atoms with Crippen LogP contribution in [0.2, 0.25) is 0 Å². The molecule has 1 aliphatic heterocycles. The maximum Gasteiger partial charge on any atom is 0.123 e. The van der Waals surface area contributed by atoms with E-state index in [1.54, 1.807) is 24.3 Å². The van der Waals surface area contributed by atoms with Gasteiger partial charge in [-0.05, 0) is 46.5 Å². The highest BCUT2D eigenvalue weighted by molar-refractivity contribution is 5.79. The van der Waals surface area contributed by atoms with E-state index in [0.29, 0.717) is 0 Å². The van der Waals surface area contributed by atoms with Crippen molar-refractivity contribution in [1.29, 1.82) is 0 Å². The van der Waals surface area contributed by atoms with E-state index in [1.807, 2.05) is 6.07 Å². The van der Waals surface area contributed by atoms with Crippen LogP contribution in [-0.4, -0.2) is 49.1 Å². The third kappa shape index (κ3) is 6.22. The van der Waals surface area contributed by atoms with Crippen LogP contribution in [0.3, 0.4) is 0 Å². The molecule has 3 aromatic rings. The molecule has 164 valence electrons. The highest BCUT2D eigenvalue weighted by Crippen LogP contribution is 2.24. The smallest absolute Gasteiger partial charge is 0.123 e. The van der Waals surface area contributed by atoms with Crippen molar-refractivity contribution in [2.75, 3.05) is 39.3 Å². The zero-order chi connectivity index (χ0) is 22.2. The first-order valence-corrected chi connectivity index (χ1v) is 11.1. The SMILES string of the molecule is Fc1ccc(C(=CCN2CCN(C/C=C/c3ccccc3)CC2)c2ccc(F)cc2)cc1. The minimum atomic E-state index is -0.260. The molecule has 2 nitrogen and oxygen atoms in total. The van der Waals surface area contributed by atoms with Crippen LogP contribution in [0.5, 0.6) is 0 Å². The Labute approximate surface area is 189 Å². The Morgan fingerprint density at radius 1 is 0.656 bits per heavy atom. The lowest BCUT2D eigenvalue weighted by Crippen LogP contribution is -2.46. The molecule has 3 aromatic carbocycles. The summed E-state index contributed by atoms with van der Waals surface area (Å²) in [4.78, 5) is 4.88. The highest BCUT2D eigenvalue weighted by atomic mass is 19.1. The van der Waals surface area contributed by atoms with Gasteiger partial charge in [-0.1, -0.05) is 72.8 Å². The molecule has 0 bridgehead atoms. The minimum Gasteiger partial charge on any atom is -0.297 e. The summed E-state index contributed by atoms with van der Waals surface area (Å²) in [7, 11) is 0. The predicted octanol–water partition coefficient (Wildman–Crippen LogP) is 5.73. The summed E-state index contributed by atoms with van der Waals surface area (Å²) in [5.74, 6) is -0.519. The second-order valence-corrected chi connectivity index (χ2v) is 8.05. The van der Waals surface area contributed by atoms with Gasteiger partial charge in [-0.15, -0.1) is 0 Å². The Morgan fingerprint density at radius 3 is 1.69 bits per heavy atom. The summed E-state index contributed by atoms with van der Waals surface area (Å²) in [6.07, 6.45) is 6.57. The molecule has 0 saturated carbocycles. The van der Waals surface area contributed by atoms with Gasteiger partial charge in [0.1, 0.15) is 11.6 Å². The maximum atomic E-state index is 13.4. The van der Waals surface area contributed by atoms with E-state index in [-0.39, 0.29) is 11.6 Å². The van der Waals surface area contributed by atoms with Crippen LogP contribution in [0, 0.1) is 11.6 Å². The van der Waals surface area contributed by atoms with Crippen LogP contribution < -0.4 is 0 Å². The normalized spacial score (nSPS) is 15.2. The second-order valence-electron chi connectivity index (χ2n) is 8.05. The molecule has 0 N–H and O–H groups in total. The van der Waals surface area contributed by atoms with Gasteiger partial charge in [0, 0.05) is 39.3 Å². The lowest BCUT2D eigenvalue weighted by Gasteiger charge is -2.33. The molecule has 0 aliphatic carbocycles. The van der Waals surface area contributed by atoms with Crippen LogP contribution in [0.15, 0.2) is 91.0 Å². The van der Waals surface area contributed by atoms with Crippen molar-refractivity contribution in [1.82, 2.24) is 9.80 Å². The molecular formula is C28H28F2N2. The van der Waals surface area contributed by atoms with E-state index in [2.05, 4.69) is 52.3 Å². The predicted molar refractivity (Wildman–Crippen MR) is 128 cm³/mol. The zero-order valence-electron chi connectivity index (χ0n) is 18.1. The average Bonchev–Trinajstić information content (AvgIpc) is 2.83. The van der Waals surface area contributed by atoms with E-state index in [0.717, 1.165) is 56.0 Å². The van der Waals surface area contributed by atoms with Crippen molar-refractivity contribution < 1.29 is 8.78 Å². The molecule has 1 aliphatic rings. The summed E-state index contributed by atoms with van der Waals surface area (Å²) in [6.45, 7) is 5.79. The monoisotopic (exact) mass is 430 g/mol. The Bertz CT molecular complexity index is 986. The molecule has 0 spiro atoms. The Morgan fingerprint density at radius 2 is 1.16 bits per heavy atom. The number of hydrogen-bond donors (Lipinski definition) is 0. The van der Waals surface area contributed by atoms with Gasteiger partial charge in [0.2, 0.25) is 0 Å².